The van der Waals surface area contributed by atoms with Crippen LogP contribution >= 0.6 is 11.6 Å². The number of hydrogen-bond donors (Lipinski definition) is 1. The van der Waals surface area contributed by atoms with E-state index in [1.165, 1.54) is 0 Å². The van der Waals surface area contributed by atoms with Crippen LogP contribution in [-0.2, 0) is 17.9 Å². The summed E-state index contributed by atoms with van der Waals surface area (Å²) in [7, 11) is 0. The lowest BCUT2D eigenvalue weighted by molar-refractivity contribution is -0.135. The Morgan fingerprint density at radius 3 is 2.54 bits per heavy atom. The minimum absolute atomic E-state index is 0.0398. The SMILES string of the molecule is Cc1nn(CC(=O)N(Cc2ccccc2)C(C)CCO)c(C)c1Cl. The predicted octanol–water partition coefficient (Wildman–Crippen LogP) is 2.95. The molecular weight excluding hydrogens is 326 g/mol. The van der Waals surface area contributed by atoms with Crippen molar-refractivity contribution in [3.8, 4) is 0 Å². The van der Waals surface area contributed by atoms with Crippen molar-refractivity contribution in [1.82, 2.24) is 14.7 Å². The molecule has 0 bridgehead atoms. The molecule has 0 spiro atoms. The Morgan fingerprint density at radius 2 is 2.00 bits per heavy atom. The summed E-state index contributed by atoms with van der Waals surface area (Å²) in [6.45, 7) is 6.33. The van der Waals surface area contributed by atoms with E-state index in [0.29, 0.717) is 18.0 Å². The average Bonchev–Trinajstić information content (AvgIpc) is 2.80. The van der Waals surface area contributed by atoms with Crippen LogP contribution in [0, 0.1) is 13.8 Å². The van der Waals surface area contributed by atoms with Crippen molar-refractivity contribution in [3.63, 3.8) is 0 Å². The van der Waals surface area contributed by atoms with Gasteiger partial charge in [-0.05, 0) is 32.8 Å². The molecule has 0 fully saturated rings. The van der Waals surface area contributed by atoms with Crippen LogP contribution in [-0.4, -0.2) is 38.3 Å². The minimum atomic E-state index is -0.0601. The molecule has 0 aliphatic rings. The van der Waals surface area contributed by atoms with Crippen LogP contribution in [0.4, 0.5) is 0 Å². The van der Waals surface area contributed by atoms with Crippen LogP contribution in [0.3, 0.4) is 0 Å². The number of benzene rings is 1. The number of rotatable bonds is 7. The Bertz CT molecular complexity index is 685. The topological polar surface area (TPSA) is 58.4 Å². The van der Waals surface area contributed by atoms with E-state index in [9.17, 15) is 9.90 Å². The Hall–Kier alpha value is -1.85. The Balaban J connectivity index is 2.18. The predicted molar refractivity (Wildman–Crippen MR) is 94.9 cm³/mol. The zero-order valence-electron chi connectivity index (χ0n) is 14.4. The number of carbonyl (C=O) groups excluding carboxylic acids is 1. The summed E-state index contributed by atoms with van der Waals surface area (Å²) in [6.07, 6.45) is 0.538. The van der Waals surface area contributed by atoms with Gasteiger partial charge in [-0.15, -0.1) is 0 Å². The molecule has 0 aliphatic carbocycles. The molecule has 1 unspecified atom stereocenters. The summed E-state index contributed by atoms with van der Waals surface area (Å²) in [6, 6.07) is 9.78. The van der Waals surface area contributed by atoms with Crippen molar-refractivity contribution >= 4 is 17.5 Å². The number of aryl methyl sites for hydroxylation is 1. The highest BCUT2D eigenvalue weighted by Crippen LogP contribution is 2.19. The van der Waals surface area contributed by atoms with Crippen LogP contribution in [0.2, 0.25) is 5.02 Å². The van der Waals surface area contributed by atoms with Crippen LogP contribution in [0.25, 0.3) is 0 Å². The molecule has 1 amide bonds. The maximum Gasteiger partial charge on any atom is 0.244 e. The van der Waals surface area contributed by atoms with Gasteiger partial charge in [0.2, 0.25) is 5.91 Å². The quantitative estimate of drug-likeness (QED) is 0.836. The minimum Gasteiger partial charge on any atom is -0.396 e. The first kappa shape index (κ1) is 18.5. The summed E-state index contributed by atoms with van der Waals surface area (Å²) in [5, 5.41) is 14.2. The zero-order chi connectivity index (χ0) is 17.7. The molecule has 1 heterocycles. The molecule has 0 saturated heterocycles. The molecule has 2 aromatic rings. The summed E-state index contributed by atoms with van der Waals surface area (Å²) in [4.78, 5) is 14.6. The van der Waals surface area contributed by atoms with Crippen molar-refractivity contribution in [3.05, 3.63) is 52.3 Å². The van der Waals surface area contributed by atoms with Gasteiger partial charge in [0.25, 0.3) is 0 Å². The highest BCUT2D eigenvalue weighted by atomic mass is 35.5. The first-order valence-corrected chi connectivity index (χ1v) is 8.45. The van der Waals surface area contributed by atoms with E-state index in [1.807, 2.05) is 51.1 Å². The lowest BCUT2D eigenvalue weighted by Gasteiger charge is -2.29. The molecule has 130 valence electrons. The first-order valence-electron chi connectivity index (χ1n) is 8.07. The highest BCUT2D eigenvalue weighted by molar-refractivity contribution is 6.31. The average molecular weight is 350 g/mol. The summed E-state index contributed by atoms with van der Waals surface area (Å²) in [5.74, 6) is -0.0398. The van der Waals surface area contributed by atoms with Gasteiger partial charge in [-0.25, -0.2) is 0 Å². The number of aliphatic hydroxyl groups is 1. The number of amides is 1. The fourth-order valence-corrected chi connectivity index (χ4v) is 2.80. The summed E-state index contributed by atoms with van der Waals surface area (Å²) in [5.41, 5.74) is 2.57. The molecule has 0 aliphatic heterocycles. The molecule has 0 radical (unpaired) electrons. The third-order valence-corrected chi connectivity index (χ3v) is 4.72. The van der Waals surface area contributed by atoms with Gasteiger partial charge in [0.1, 0.15) is 6.54 Å². The van der Waals surface area contributed by atoms with Crippen LogP contribution in [0.5, 0.6) is 0 Å². The van der Waals surface area contributed by atoms with Crippen molar-refractivity contribution in [2.24, 2.45) is 0 Å². The largest absolute Gasteiger partial charge is 0.396 e. The third kappa shape index (κ3) is 4.36. The first-order chi connectivity index (χ1) is 11.4. The molecule has 1 atom stereocenters. The number of aliphatic hydroxyl groups excluding tert-OH is 1. The van der Waals surface area contributed by atoms with Gasteiger partial charge in [0, 0.05) is 19.2 Å². The normalized spacial score (nSPS) is 12.2. The fourth-order valence-electron chi connectivity index (χ4n) is 2.66. The van der Waals surface area contributed by atoms with Crippen molar-refractivity contribution < 1.29 is 9.90 Å². The van der Waals surface area contributed by atoms with Gasteiger partial charge < -0.3 is 10.0 Å². The smallest absolute Gasteiger partial charge is 0.244 e. The van der Waals surface area contributed by atoms with E-state index in [2.05, 4.69) is 5.10 Å². The number of halogens is 1. The van der Waals surface area contributed by atoms with Gasteiger partial charge in [-0.2, -0.15) is 5.10 Å². The maximum absolute atomic E-state index is 12.8. The standard InChI is InChI=1S/C18H24ClN3O2/c1-13(9-10-23)21(11-16-7-5-4-6-8-16)17(24)12-22-15(3)18(19)14(2)20-22/h4-8,13,23H,9-12H2,1-3H3. The second-order valence-electron chi connectivity index (χ2n) is 6.01. The third-order valence-electron chi connectivity index (χ3n) is 4.17. The van der Waals surface area contributed by atoms with Gasteiger partial charge in [0.15, 0.2) is 0 Å². The number of nitrogens with zero attached hydrogens (tertiary/aromatic N) is 3. The Labute approximate surface area is 147 Å². The highest BCUT2D eigenvalue weighted by Gasteiger charge is 2.22. The number of carbonyl (C=O) groups is 1. The van der Waals surface area contributed by atoms with Gasteiger partial charge in [-0.1, -0.05) is 41.9 Å². The van der Waals surface area contributed by atoms with Crippen molar-refractivity contribution in [2.75, 3.05) is 6.61 Å². The molecule has 2 rings (SSSR count). The van der Waals surface area contributed by atoms with E-state index < -0.39 is 0 Å². The molecule has 1 N–H and O–H groups in total. The number of aromatic nitrogens is 2. The van der Waals surface area contributed by atoms with E-state index in [1.54, 1.807) is 9.58 Å². The molecule has 5 nitrogen and oxygen atoms in total. The van der Waals surface area contributed by atoms with Crippen LogP contribution < -0.4 is 0 Å². The Morgan fingerprint density at radius 1 is 1.33 bits per heavy atom. The summed E-state index contributed by atoms with van der Waals surface area (Å²) < 4.78 is 1.64. The fraction of sp³-hybridized carbons (Fsp3) is 0.444. The second kappa shape index (κ2) is 8.31. The molecule has 1 aromatic carbocycles. The van der Waals surface area contributed by atoms with E-state index >= 15 is 0 Å². The van der Waals surface area contributed by atoms with Crippen molar-refractivity contribution in [1.29, 1.82) is 0 Å². The lowest BCUT2D eigenvalue weighted by atomic mass is 10.1. The van der Waals surface area contributed by atoms with Gasteiger partial charge in [0.05, 0.1) is 16.4 Å². The van der Waals surface area contributed by atoms with Crippen LogP contribution in [0.1, 0.15) is 30.3 Å². The maximum atomic E-state index is 12.8. The van der Waals surface area contributed by atoms with Crippen LogP contribution in [0.15, 0.2) is 30.3 Å². The lowest BCUT2D eigenvalue weighted by Crippen LogP contribution is -2.40. The molecule has 24 heavy (non-hydrogen) atoms. The molecular formula is C18H24ClN3O2. The monoisotopic (exact) mass is 349 g/mol. The van der Waals surface area contributed by atoms with E-state index in [-0.39, 0.29) is 25.1 Å². The second-order valence-corrected chi connectivity index (χ2v) is 6.39. The van der Waals surface area contributed by atoms with E-state index in [4.69, 9.17) is 11.6 Å². The van der Waals surface area contributed by atoms with Gasteiger partial charge in [-0.3, -0.25) is 9.48 Å². The Kier molecular flexibility index (Phi) is 6.40. The molecule has 6 heteroatoms. The molecule has 1 aromatic heterocycles. The van der Waals surface area contributed by atoms with Gasteiger partial charge >= 0.3 is 0 Å². The zero-order valence-corrected chi connectivity index (χ0v) is 15.1. The molecule has 0 saturated carbocycles. The summed E-state index contributed by atoms with van der Waals surface area (Å²) >= 11 is 6.16. The van der Waals surface area contributed by atoms with E-state index in [0.717, 1.165) is 17.0 Å². The number of hydrogen-bond acceptors (Lipinski definition) is 3. The van der Waals surface area contributed by atoms with Crippen molar-refractivity contribution in [2.45, 2.75) is 46.3 Å².